The predicted molar refractivity (Wildman–Crippen MR) is 116 cm³/mol. The van der Waals surface area contributed by atoms with Gasteiger partial charge in [0.2, 0.25) is 0 Å². The van der Waals surface area contributed by atoms with Crippen LogP contribution in [0.25, 0.3) is 0 Å². The Morgan fingerprint density at radius 2 is 1.32 bits per heavy atom. The summed E-state index contributed by atoms with van der Waals surface area (Å²) < 4.78 is 72.9. The molecule has 10 atom stereocenters. The Morgan fingerprint density at radius 1 is 0.794 bits per heavy atom. The molecule has 0 saturated carbocycles. The number of hydrogen-bond donors (Lipinski definition) is 2. The second-order valence-corrected chi connectivity index (χ2v) is 11.5. The van der Waals surface area contributed by atoms with Gasteiger partial charge in [0.25, 0.3) is 0 Å². The fourth-order valence-corrected chi connectivity index (χ4v) is 6.24. The van der Waals surface area contributed by atoms with Crippen molar-refractivity contribution in [3.63, 3.8) is 0 Å². The molecule has 5 unspecified atom stereocenters. The number of phosphoric ester groups is 2. The molecule has 2 N–H and O–H groups in total. The third-order valence-electron chi connectivity index (χ3n) is 5.90. The van der Waals surface area contributed by atoms with Gasteiger partial charge < -0.3 is 33.5 Å². The van der Waals surface area contributed by atoms with Crippen molar-refractivity contribution >= 4 is 15.6 Å². The van der Waals surface area contributed by atoms with Crippen molar-refractivity contribution in [3.05, 3.63) is 0 Å². The molecule has 0 spiro atoms. The van der Waals surface area contributed by atoms with E-state index < -0.39 is 46.2 Å². The Morgan fingerprint density at radius 3 is 1.88 bits per heavy atom. The summed E-state index contributed by atoms with van der Waals surface area (Å²) in [6, 6.07) is 0. The van der Waals surface area contributed by atoms with Crippen LogP contribution >= 0.6 is 15.6 Å². The normalized spacial score (nSPS) is 39.8. The first kappa shape index (κ1) is 28.6. The van der Waals surface area contributed by atoms with Gasteiger partial charge in [0.05, 0.1) is 38.1 Å². The van der Waals surface area contributed by atoms with E-state index in [4.69, 9.17) is 41.8 Å². The van der Waals surface area contributed by atoms with E-state index >= 15 is 0 Å². The van der Waals surface area contributed by atoms with Crippen molar-refractivity contribution in [1.29, 1.82) is 0 Å². The highest BCUT2D eigenvalue weighted by Gasteiger charge is 2.43. The third kappa shape index (κ3) is 8.27. The zero-order valence-electron chi connectivity index (χ0n) is 19.8. The van der Waals surface area contributed by atoms with Gasteiger partial charge in [-0.2, -0.15) is 0 Å². The third-order valence-corrected chi connectivity index (χ3v) is 7.92. The summed E-state index contributed by atoms with van der Waals surface area (Å²) in [7, 11) is -5.91. The summed E-state index contributed by atoms with van der Waals surface area (Å²) in [5.74, 6) is 0. The Hall–Kier alpha value is 0.0200. The highest BCUT2D eigenvalue weighted by molar-refractivity contribution is 7.47. The smallest absolute Gasteiger partial charge is 0.382 e. The predicted octanol–water partition coefficient (Wildman–Crippen LogP) is 1.80. The molecule has 3 aliphatic rings. The van der Waals surface area contributed by atoms with Crippen molar-refractivity contribution in [1.82, 2.24) is 0 Å². The highest BCUT2D eigenvalue weighted by atomic mass is 31.2. The van der Waals surface area contributed by atoms with Crippen molar-refractivity contribution < 1.29 is 60.7 Å². The molecule has 200 valence electrons. The van der Waals surface area contributed by atoms with E-state index in [1.807, 2.05) is 6.92 Å². The second-order valence-electron chi connectivity index (χ2n) is 8.69. The number of ether oxygens (including phenoxy) is 5. The SMILES string of the molecule is COC[C@H]1OCCC1OP(=O)(O)OC[C@H]1O[C@@H](C)CC1OP(=O)(O)OC[C@H]1O[C@@H](C)CC1OC. The maximum atomic E-state index is 12.5. The van der Waals surface area contributed by atoms with Gasteiger partial charge in [0.15, 0.2) is 0 Å². The molecule has 3 saturated heterocycles. The van der Waals surface area contributed by atoms with Gasteiger partial charge in [-0.3, -0.25) is 18.1 Å². The first-order chi connectivity index (χ1) is 16.0. The summed E-state index contributed by atoms with van der Waals surface area (Å²) in [4.78, 5) is 20.4. The maximum absolute atomic E-state index is 12.5. The highest BCUT2D eigenvalue weighted by Crippen LogP contribution is 2.50. The van der Waals surface area contributed by atoms with Gasteiger partial charge in [-0.05, 0) is 13.8 Å². The maximum Gasteiger partial charge on any atom is 0.472 e. The molecule has 3 rings (SSSR count). The molecular weight excluding hydrogens is 498 g/mol. The summed E-state index contributed by atoms with van der Waals surface area (Å²) in [6.45, 7) is 3.64. The zero-order valence-corrected chi connectivity index (χ0v) is 21.6. The van der Waals surface area contributed by atoms with Crippen LogP contribution in [0.15, 0.2) is 0 Å². The van der Waals surface area contributed by atoms with Gasteiger partial charge in [-0.25, -0.2) is 9.13 Å². The largest absolute Gasteiger partial charge is 0.472 e. The fourth-order valence-electron chi connectivity index (χ4n) is 4.30. The van der Waals surface area contributed by atoms with Crippen molar-refractivity contribution in [3.8, 4) is 0 Å². The monoisotopic (exact) mass is 534 g/mol. The van der Waals surface area contributed by atoms with Crippen LogP contribution in [-0.4, -0.2) is 99.3 Å². The Kier molecular flexibility index (Phi) is 10.5. The van der Waals surface area contributed by atoms with Crippen LogP contribution in [0.3, 0.4) is 0 Å². The van der Waals surface area contributed by atoms with Crippen molar-refractivity contribution in [2.45, 2.75) is 81.9 Å². The Labute approximate surface area is 199 Å². The Balaban J connectivity index is 1.49. The topological polar surface area (TPSA) is 158 Å². The minimum absolute atomic E-state index is 0.0554. The van der Waals surface area contributed by atoms with E-state index in [2.05, 4.69) is 0 Å². The Bertz CT molecular complexity index is 739. The molecule has 15 heteroatoms. The minimum Gasteiger partial charge on any atom is -0.382 e. The van der Waals surface area contributed by atoms with Crippen molar-refractivity contribution in [2.75, 3.05) is 40.6 Å². The lowest BCUT2D eigenvalue weighted by Crippen LogP contribution is -2.31. The first-order valence-corrected chi connectivity index (χ1v) is 14.3. The van der Waals surface area contributed by atoms with Crippen LogP contribution in [0, 0.1) is 0 Å². The minimum atomic E-state index is -4.48. The van der Waals surface area contributed by atoms with Gasteiger partial charge >= 0.3 is 15.6 Å². The lowest BCUT2D eigenvalue weighted by atomic mass is 10.1. The number of methoxy groups -OCH3 is 2. The molecule has 0 aromatic carbocycles. The van der Waals surface area contributed by atoms with E-state index in [9.17, 15) is 18.9 Å². The molecule has 34 heavy (non-hydrogen) atoms. The number of hydrogen-bond acceptors (Lipinski definition) is 11. The lowest BCUT2D eigenvalue weighted by molar-refractivity contribution is -0.0445. The fraction of sp³-hybridized carbons (Fsp3) is 1.00. The van der Waals surface area contributed by atoms with Gasteiger partial charge in [0, 0.05) is 40.1 Å². The zero-order chi connectivity index (χ0) is 24.9. The average Bonchev–Trinajstić information content (AvgIpc) is 3.43. The summed E-state index contributed by atoms with van der Waals surface area (Å²) in [5, 5.41) is 0. The molecule has 0 aliphatic carbocycles. The molecule has 0 radical (unpaired) electrons. The van der Waals surface area contributed by atoms with Crippen LogP contribution in [-0.2, 0) is 50.9 Å². The van der Waals surface area contributed by atoms with Gasteiger partial charge in [0.1, 0.15) is 30.5 Å². The molecule has 0 amide bonds. The number of rotatable bonds is 13. The van der Waals surface area contributed by atoms with E-state index in [0.29, 0.717) is 19.4 Å². The van der Waals surface area contributed by atoms with Crippen LogP contribution in [0.4, 0.5) is 0 Å². The standard InChI is InChI=1S/C19H36O13P2/c1-12-7-15(25-4)18(29-12)10-27-34(22,23)32-16-8-13(2)30-19(16)11-28-33(20,21)31-14-5-6-26-17(14)9-24-3/h12-19H,5-11H2,1-4H3,(H,20,21)(H,22,23)/t12-,13-,14?,15?,16?,17+,18+,19+/m0/s1. The molecule has 0 bridgehead atoms. The van der Waals surface area contributed by atoms with Gasteiger partial charge in [-0.15, -0.1) is 0 Å². The molecule has 13 nitrogen and oxygen atoms in total. The average molecular weight is 534 g/mol. The summed E-state index contributed by atoms with van der Waals surface area (Å²) in [6.07, 6.45) is -2.72. The lowest BCUT2D eigenvalue weighted by Gasteiger charge is -2.25. The first-order valence-electron chi connectivity index (χ1n) is 11.3. The van der Waals surface area contributed by atoms with Gasteiger partial charge in [-0.1, -0.05) is 0 Å². The molecule has 3 heterocycles. The van der Waals surface area contributed by atoms with E-state index in [1.54, 1.807) is 6.92 Å². The molecule has 0 aromatic rings. The molecule has 0 aromatic heterocycles. The second kappa shape index (κ2) is 12.5. The summed E-state index contributed by atoms with van der Waals surface area (Å²) in [5.41, 5.74) is 0. The van der Waals surface area contributed by atoms with Crippen molar-refractivity contribution in [2.24, 2.45) is 0 Å². The molecular formula is C19H36O13P2. The van der Waals surface area contributed by atoms with E-state index in [1.165, 1.54) is 14.2 Å². The van der Waals surface area contributed by atoms with E-state index in [0.717, 1.165) is 0 Å². The van der Waals surface area contributed by atoms with Crippen LogP contribution in [0.2, 0.25) is 0 Å². The number of phosphoric acid groups is 2. The molecule has 3 fully saturated rings. The molecule has 3 aliphatic heterocycles. The van der Waals surface area contributed by atoms with Crippen LogP contribution < -0.4 is 0 Å². The quantitative estimate of drug-likeness (QED) is 0.330. The summed E-state index contributed by atoms with van der Waals surface area (Å²) >= 11 is 0. The van der Waals surface area contributed by atoms with Crippen LogP contribution in [0.1, 0.15) is 33.1 Å². The van der Waals surface area contributed by atoms with Crippen LogP contribution in [0.5, 0.6) is 0 Å². The van der Waals surface area contributed by atoms with E-state index in [-0.39, 0.29) is 44.6 Å².